The van der Waals surface area contributed by atoms with Crippen molar-refractivity contribution in [1.82, 2.24) is 23.8 Å². The largest absolute Gasteiger partial charge is 0.493 e. The maximum absolute atomic E-state index is 14.1. The lowest BCUT2D eigenvalue weighted by Gasteiger charge is -2.27. The van der Waals surface area contributed by atoms with Crippen LogP contribution in [-0.4, -0.2) is 41.4 Å². The predicted molar refractivity (Wildman–Crippen MR) is 153 cm³/mol. The van der Waals surface area contributed by atoms with Crippen LogP contribution in [0.3, 0.4) is 0 Å². The van der Waals surface area contributed by atoms with Gasteiger partial charge >= 0.3 is 5.69 Å². The summed E-state index contributed by atoms with van der Waals surface area (Å²) in [5.74, 6) is -0.234. The predicted octanol–water partition coefficient (Wildman–Crippen LogP) is 5.18. The lowest BCUT2D eigenvalue weighted by Crippen LogP contribution is -2.38. The molecule has 2 aliphatic rings. The summed E-state index contributed by atoms with van der Waals surface area (Å²) in [4.78, 5) is 29.6. The molecule has 8 nitrogen and oxygen atoms in total. The van der Waals surface area contributed by atoms with E-state index in [0.29, 0.717) is 36.6 Å². The normalized spacial score (nSPS) is 18.0. The van der Waals surface area contributed by atoms with Crippen LogP contribution in [0.25, 0.3) is 16.5 Å². The molecule has 1 saturated heterocycles. The Labute approximate surface area is 231 Å². The number of hydrogen-bond donors (Lipinski definition) is 1. The molecule has 3 aromatic carbocycles. The molecule has 0 spiro atoms. The van der Waals surface area contributed by atoms with E-state index in [0.717, 1.165) is 22.0 Å². The number of imidazole rings is 1. The molecule has 2 aromatic heterocycles. The third-order valence-corrected chi connectivity index (χ3v) is 8.27. The minimum absolute atomic E-state index is 0.0977. The third kappa shape index (κ3) is 3.62. The Balaban J connectivity index is 1.29. The van der Waals surface area contributed by atoms with Crippen molar-refractivity contribution in [3.8, 4) is 11.6 Å². The zero-order chi connectivity index (χ0) is 27.8. The molecule has 5 aromatic rings. The van der Waals surface area contributed by atoms with E-state index in [2.05, 4.69) is 20.8 Å². The van der Waals surface area contributed by atoms with Crippen LogP contribution in [-0.2, 0) is 12.0 Å². The minimum atomic E-state index is -0.389. The van der Waals surface area contributed by atoms with Gasteiger partial charge in [-0.05, 0) is 29.5 Å². The van der Waals surface area contributed by atoms with Crippen molar-refractivity contribution in [1.29, 1.82) is 0 Å². The average Bonchev–Trinajstić information content (AvgIpc) is 3.71. The molecule has 0 saturated carbocycles. The van der Waals surface area contributed by atoms with Gasteiger partial charge < -0.3 is 10.0 Å². The fraction of sp³-hybridized carbons (Fsp3) is 0.281. The summed E-state index contributed by atoms with van der Waals surface area (Å²) in [7, 11) is 0. The van der Waals surface area contributed by atoms with Crippen LogP contribution < -0.4 is 5.69 Å². The monoisotopic (exact) mass is 533 g/mol. The molecular weight excluding hydrogens is 502 g/mol. The number of likely N-dealkylation sites (tertiary alicyclic amines) is 1. The van der Waals surface area contributed by atoms with Gasteiger partial charge in [0.25, 0.3) is 5.91 Å². The molecule has 8 heteroatoms. The number of aromatic hydroxyl groups is 1. The minimum Gasteiger partial charge on any atom is -0.493 e. The average molecular weight is 534 g/mol. The van der Waals surface area contributed by atoms with Crippen LogP contribution in [0.4, 0.5) is 0 Å². The summed E-state index contributed by atoms with van der Waals surface area (Å²) in [6.07, 6.45) is 0.610. The van der Waals surface area contributed by atoms with Gasteiger partial charge in [0, 0.05) is 17.3 Å². The van der Waals surface area contributed by atoms with Gasteiger partial charge in [-0.25, -0.2) is 9.36 Å². The summed E-state index contributed by atoms with van der Waals surface area (Å²) in [6, 6.07) is 24.8. The second-order valence-corrected chi connectivity index (χ2v) is 11.9. The third-order valence-electron chi connectivity index (χ3n) is 8.27. The first kappa shape index (κ1) is 24.5. The van der Waals surface area contributed by atoms with Gasteiger partial charge in [-0.15, -0.1) is 0 Å². The van der Waals surface area contributed by atoms with Crippen LogP contribution in [0, 0.1) is 0 Å². The summed E-state index contributed by atoms with van der Waals surface area (Å²) in [5.41, 5.74) is 3.06. The van der Waals surface area contributed by atoms with Gasteiger partial charge in [0.05, 0.1) is 30.0 Å². The van der Waals surface area contributed by atoms with Crippen molar-refractivity contribution in [3.05, 3.63) is 112 Å². The number of rotatable bonds is 4. The number of amides is 1. The van der Waals surface area contributed by atoms with Crippen LogP contribution in [0.1, 0.15) is 66.7 Å². The van der Waals surface area contributed by atoms with Crippen LogP contribution in [0.2, 0.25) is 0 Å². The number of nitrogens with zero attached hydrogens (tertiary/aromatic N) is 5. The van der Waals surface area contributed by atoms with E-state index in [4.69, 9.17) is 5.10 Å². The first-order chi connectivity index (χ1) is 19.2. The second-order valence-electron chi connectivity index (χ2n) is 11.9. The molecule has 2 atom stereocenters. The standard InChI is InChI=1S/C32H31N5O3/c1-32(2,3)27-17-26(35(33-27)18-20-10-5-4-6-11-20)29(38)34-19-22-16-25(34)28-30(39)37(31(40)36(22)28)24-15-9-13-21-12-7-8-14-23(21)24/h4-15,17,22,25,39H,16,18-19H2,1-3H3. The molecule has 1 N–H and O–H groups in total. The van der Waals surface area contributed by atoms with Gasteiger partial charge in [0.1, 0.15) is 11.4 Å². The highest BCUT2D eigenvalue weighted by molar-refractivity contribution is 5.94. The maximum atomic E-state index is 14.1. The molecule has 7 rings (SSSR count). The number of fused-ring (bicyclic) bond motifs is 6. The lowest BCUT2D eigenvalue weighted by atomic mass is 9.92. The maximum Gasteiger partial charge on any atom is 0.336 e. The number of aromatic nitrogens is 4. The molecular formula is C32H31N5O3. The SMILES string of the molecule is CC(C)(C)c1cc(C(=O)N2CC3CC2c2c(O)n(-c4cccc5ccccc45)c(=O)n23)n(Cc2ccccc2)n1. The molecule has 0 aliphatic carbocycles. The van der Waals surface area contributed by atoms with E-state index >= 15 is 0 Å². The van der Waals surface area contributed by atoms with Crippen molar-refractivity contribution in [2.24, 2.45) is 0 Å². The first-order valence-corrected chi connectivity index (χ1v) is 13.7. The highest BCUT2D eigenvalue weighted by atomic mass is 16.3. The zero-order valence-corrected chi connectivity index (χ0v) is 22.8. The van der Waals surface area contributed by atoms with Gasteiger partial charge in [0.2, 0.25) is 5.88 Å². The number of carbonyl (C=O) groups is 1. The highest BCUT2D eigenvalue weighted by Crippen LogP contribution is 2.49. The van der Waals surface area contributed by atoms with Crippen LogP contribution in [0.15, 0.2) is 83.7 Å². The molecule has 2 aliphatic heterocycles. The number of carbonyl (C=O) groups excluding carboxylic acids is 1. The highest BCUT2D eigenvalue weighted by Gasteiger charge is 2.50. The lowest BCUT2D eigenvalue weighted by molar-refractivity contribution is 0.0699. The molecule has 1 fully saturated rings. The van der Waals surface area contributed by atoms with E-state index in [9.17, 15) is 14.7 Å². The summed E-state index contributed by atoms with van der Waals surface area (Å²) >= 11 is 0. The van der Waals surface area contributed by atoms with Crippen LogP contribution in [0.5, 0.6) is 5.88 Å². The Kier molecular flexibility index (Phi) is 5.32. The van der Waals surface area contributed by atoms with Crippen LogP contribution >= 0.6 is 0 Å². The molecule has 0 radical (unpaired) electrons. The topological polar surface area (TPSA) is 85.3 Å². The van der Waals surface area contributed by atoms with Gasteiger partial charge in [-0.3, -0.25) is 14.0 Å². The Hall–Kier alpha value is -4.59. The molecule has 4 heterocycles. The fourth-order valence-electron chi connectivity index (χ4n) is 6.27. The van der Waals surface area contributed by atoms with E-state index < -0.39 is 0 Å². The van der Waals surface area contributed by atoms with Crippen molar-refractivity contribution >= 4 is 16.7 Å². The Morgan fingerprint density at radius 2 is 1.73 bits per heavy atom. The molecule has 2 unspecified atom stereocenters. The van der Waals surface area contributed by atoms with Gasteiger partial charge in [-0.1, -0.05) is 87.5 Å². The smallest absolute Gasteiger partial charge is 0.336 e. The molecule has 2 bridgehead atoms. The van der Waals surface area contributed by atoms with E-state index in [-0.39, 0.29) is 35.0 Å². The van der Waals surface area contributed by atoms with E-state index in [1.54, 1.807) is 14.1 Å². The van der Waals surface area contributed by atoms with Crippen molar-refractivity contribution in [2.75, 3.05) is 6.54 Å². The quantitative estimate of drug-likeness (QED) is 0.345. The number of benzene rings is 3. The van der Waals surface area contributed by atoms with E-state index in [1.807, 2.05) is 78.9 Å². The van der Waals surface area contributed by atoms with Crippen molar-refractivity contribution in [2.45, 2.75) is 51.2 Å². The van der Waals surface area contributed by atoms with Gasteiger partial charge in [0.15, 0.2) is 0 Å². The molecule has 202 valence electrons. The Morgan fingerprint density at radius 3 is 2.50 bits per heavy atom. The van der Waals surface area contributed by atoms with Crippen molar-refractivity contribution in [3.63, 3.8) is 0 Å². The van der Waals surface area contributed by atoms with E-state index in [1.165, 1.54) is 4.57 Å². The Bertz CT molecular complexity index is 1830. The summed E-state index contributed by atoms with van der Waals surface area (Å²) < 4.78 is 4.87. The second kappa shape index (κ2) is 8.71. The Morgan fingerprint density at radius 1 is 1.00 bits per heavy atom. The zero-order valence-electron chi connectivity index (χ0n) is 22.8. The van der Waals surface area contributed by atoms with Gasteiger partial charge in [-0.2, -0.15) is 5.10 Å². The van der Waals surface area contributed by atoms with Crippen molar-refractivity contribution < 1.29 is 9.90 Å². The summed E-state index contributed by atoms with van der Waals surface area (Å²) in [6.45, 7) is 7.15. The number of hydrogen-bond acceptors (Lipinski definition) is 4. The molecule has 40 heavy (non-hydrogen) atoms. The first-order valence-electron chi connectivity index (χ1n) is 13.7. The summed E-state index contributed by atoms with van der Waals surface area (Å²) in [5, 5.41) is 18.2. The fourth-order valence-corrected chi connectivity index (χ4v) is 6.27. The molecule has 1 amide bonds.